The summed E-state index contributed by atoms with van der Waals surface area (Å²) in [5.74, 6) is -1.21. The maximum atomic E-state index is 13.2. The first kappa shape index (κ1) is 21.1. The van der Waals surface area contributed by atoms with E-state index < -0.39 is 5.97 Å². The fraction of sp³-hybridized carbons (Fsp3) is 0.174. The van der Waals surface area contributed by atoms with E-state index in [1.807, 2.05) is 18.4 Å². The van der Waals surface area contributed by atoms with E-state index in [1.165, 1.54) is 23.1 Å². The number of nitrogens with zero attached hydrogens (tertiary/aromatic N) is 5. The zero-order chi connectivity index (χ0) is 22.7. The van der Waals surface area contributed by atoms with Gasteiger partial charge in [0.05, 0.1) is 11.3 Å². The van der Waals surface area contributed by atoms with Gasteiger partial charge < -0.3 is 9.30 Å². The molecular formula is C23H20FN5O3. The molecule has 4 aromatic rings. The van der Waals surface area contributed by atoms with Crippen molar-refractivity contribution in [2.75, 3.05) is 6.61 Å². The normalized spacial score (nSPS) is 10.8. The molecule has 32 heavy (non-hydrogen) atoms. The molecule has 0 spiro atoms. The molecule has 2 heterocycles. The van der Waals surface area contributed by atoms with Crippen molar-refractivity contribution in [3.8, 4) is 5.69 Å². The summed E-state index contributed by atoms with van der Waals surface area (Å²) in [5, 5.41) is 10.9. The van der Waals surface area contributed by atoms with Crippen molar-refractivity contribution in [3.05, 3.63) is 94.8 Å². The molecule has 0 saturated heterocycles. The van der Waals surface area contributed by atoms with E-state index in [-0.39, 0.29) is 23.8 Å². The number of hydrogen-bond donors (Lipinski definition) is 0. The Bertz CT molecular complexity index is 1260. The number of halogens is 1. The van der Waals surface area contributed by atoms with Crippen molar-refractivity contribution in [3.63, 3.8) is 0 Å². The molecule has 2 aromatic heterocycles. The third kappa shape index (κ3) is 4.46. The molecule has 0 radical (unpaired) electrons. The molecule has 0 aliphatic carbocycles. The van der Waals surface area contributed by atoms with Crippen LogP contribution in [-0.4, -0.2) is 43.1 Å². The number of Topliss-reactive ketones (excluding diaryl/α,β-unsaturated/α-hetero) is 1. The Balaban J connectivity index is 1.44. The molecule has 9 heteroatoms. The largest absolute Gasteiger partial charge is 0.454 e. The highest BCUT2D eigenvalue weighted by Crippen LogP contribution is 2.19. The van der Waals surface area contributed by atoms with Crippen LogP contribution in [0.3, 0.4) is 0 Å². The number of hydrogen-bond acceptors (Lipinski definition) is 6. The third-order valence-electron chi connectivity index (χ3n) is 5.16. The van der Waals surface area contributed by atoms with Gasteiger partial charge in [0, 0.05) is 23.5 Å². The predicted octanol–water partition coefficient (Wildman–Crippen LogP) is 3.31. The van der Waals surface area contributed by atoms with Crippen LogP contribution in [0.15, 0.2) is 60.9 Å². The average molecular weight is 433 g/mol. The number of benzene rings is 2. The van der Waals surface area contributed by atoms with Gasteiger partial charge in [0.1, 0.15) is 12.1 Å². The second-order valence-electron chi connectivity index (χ2n) is 7.30. The maximum Gasteiger partial charge on any atom is 0.338 e. The summed E-state index contributed by atoms with van der Waals surface area (Å²) < 4.78 is 21.8. The van der Waals surface area contributed by atoms with Crippen molar-refractivity contribution < 1.29 is 18.7 Å². The van der Waals surface area contributed by atoms with Crippen molar-refractivity contribution in [2.24, 2.45) is 0 Å². The molecule has 0 saturated carbocycles. The summed E-state index contributed by atoms with van der Waals surface area (Å²) in [5.41, 5.74) is 3.93. The fourth-order valence-electron chi connectivity index (χ4n) is 3.45. The van der Waals surface area contributed by atoms with E-state index in [0.29, 0.717) is 17.8 Å². The summed E-state index contributed by atoms with van der Waals surface area (Å²) in [6, 6.07) is 14.6. The van der Waals surface area contributed by atoms with Gasteiger partial charge in [-0.25, -0.2) is 13.9 Å². The van der Waals surface area contributed by atoms with Gasteiger partial charge in [-0.3, -0.25) is 4.79 Å². The molecule has 2 aromatic carbocycles. The van der Waals surface area contributed by atoms with Crippen LogP contribution < -0.4 is 0 Å². The van der Waals surface area contributed by atoms with Gasteiger partial charge in [-0.1, -0.05) is 18.2 Å². The fourth-order valence-corrected chi connectivity index (χ4v) is 3.45. The van der Waals surface area contributed by atoms with Gasteiger partial charge in [-0.05, 0) is 66.2 Å². The first-order valence-electron chi connectivity index (χ1n) is 9.87. The molecule has 0 amide bonds. The number of ether oxygens (including phenoxy) is 1. The zero-order valence-corrected chi connectivity index (χ0v) is 17.5. The topological polar surface area (TPSA) is 91.9 Å². The van der Waals surface area contributed by atoms with Crippen LogP contribution in [0, 0.1) is 19.7 Å². The molecule has 0 N–H and O–H groups in total. The van der Waals surface area contributed by atoms with Gasteiger partial charge in [-0.2, -0.15) is 0 Å². The Morgan fingerprint density at radius 2 is 1.84 bits per heavy atom. The van der Waals surface area contributed by atoms with Crippen molar-refractivity contribution >= 4 is 11.8 Å². The molecule has 8 nitrogen and oxygen atoms in total. The lowest BCUT2D eigenvalue weighted by molar-refractivity contribution is 0.0474. The van der Waals surface area contributed by atoms with Crippen LogP contribution in [0.4, 0.5) is 4.39 Å². The lowest BCUT2D eigenvalue weighted by Gasteiger charge is -2.10. The van der Waals surface area contributed by atoms with Crippen LogP contribution >= 0.6 is 0 Å². The van der Waals surface area contributed by atoms with Gasteiger partial charge >= 0.3 is 5.97 Å². The molecule has 0 aliphatic heterocycles. The van der Waals surface area contributed by atoms with Crippen LogP contribution in [0.2, 0.25) is 0 Å². The standard InChI is InChI=1S/C23H20FN5O3/c1-15-10-21(16(2)28(15)12-17-6-8-19(24)9-7-17)22(30)13-32-23(31)18-4-3-5-20(11-18)29-14-25-26-27-29/h3-11,14H,12-13H2,1-2H3. The Labute approximate surface area is 183 Å². The van der Waals surface area contributed by atoms with Crippen molar-refractivity contribution in [1.29, 1.82) is 0 Å². The number of rotatable bonds is 7. The van der Waals surface area contributed by atoms with E-state index in [2.05, 4.69) is 15.5 Å². The van der Waals surface area contributed by atoms with Gasteiger partial charge in [0.15, 0.2) is 6.61 Å². The SMILES string of the molecule is Cc1cc(C(=O)COC(=O)c2cccc(-n3cnnn3)c2)c(C)n1Cc1ccc(F)cc1. The van der Waals surface area contributed by atoms with Gasteiger partial charge in [-0.15, -0.1) is 5.10 Å². The number of esters is 1. The lowest BCUT2D eigenvalue weighted by Crippen LogP contribution is -2.15. The summed E-state index contributed by atoms with van der Waals surface area (Å²) in [4.78, 5) is 25.2. The molecular weight excluding hydrogens is 413 g/mol. The van der Waals surface area contributed by atoms with Gasteiger partial charge in [0.2, 0.25) is 5.78 Å². The molecule has 0 unspecified atom stereocenters. The third-order valence-corrected chi connectivity index (χ3v) is 5.16. The molecule has 162 valence electrons. The minimum absolute atomic E-state index is 0.285. The highest BCUT2D eigenvalue weighted by molar-refractivity contribution is 6.00. The minimum atomic E-state index is -0.617. The Morgan fingerprint density at radius 1 is 1.06 bits per heavy atom. The minimum Gasteiger partial charge on any atom is -0.454 e. The van der Waals surface area contributed by atoms with Crippen LogP contribution in [0.25, 0.3) is 5.69 Å². The summed E-state index contributed by atoms with van der Waals surface area (Å²) >= 11 is 0. The second-order valence-corrected chi connectivity index (χ2v) is 7.30. The van der Waals surface area contributed by atoms with E-state index in [4.69, 9.17) is 4.74 Å². The molecule has 4 rings (SSSR count). The van der Waals surface area contributed by atoms with Crippen LogP contribution in [0.1, 0.15) is 37.7 Å². The quantitative estimate of drug-likeness (QED) is 0.328. The molecule has 0 fully saturated rings. The summed E-state index contributed by atoms with van der Waals surface area (Å²) in [7, 11) is 0. The number of tetrazole rings is 1. The molecule has 0 aliphatic rings. The maximum absolute atomic E-state index is 13.2. The number of carbonyl (C=O) groups excluding carboxylic acids is 2. The van der Waals surface area contributed by atoms with E-state index >= 15 is 0 Å². The predicted molar refractivity (Wildman–Crippen MR) is 113 cm³/mol. The summed E-state index contributed by atoms with van der Waals surface area (Å²) in [6.45, 7) is 3.86. The highest BCUT2D eigenvalue weighted by Gasteiger charge is 2.18. The highest BCUT2D eigenvalue weighted by atomic mass is 19.1. The molecule has 0 bridgehead atoms. The number of carbonyl (C=O) groups is 2. The van der Waals surface area contributed by atoms with E-state index in [1.54, 1.807) is 42.5 Å². The number of ketones is 1. The molecule has 0 atom stereocenters. The second kappa shape index (κ2) is 8.93. The Hall–Kier alpha value is -4.14. The monoisotopic (exact) mass is 433 g/mol. The first-order chi connectivity index (χ1) is 15.4. The first-order valence-corrected chi connectivity index (χ1v) is 9.87. The van der Waals surface area contributed by atoms with Gasteiger partial charge in [0.25, 0.3) is 0 Å². The smallest absolute Gasteiger partial charge is 0.338 e. The van der Waals surface area contributed by atoms with Crippen molar-refractivity contribution in [1.82, 2.24) is 24.8 Å². The van der Waals surface area contributed by atoms with E-state index in [9.17, 15) is 14.0 Å². The van der Waals surface area contributed by atoms with Crippen LogP contribution in [-0.2, 0) is 11.3 Å². The van der Waals surface area contributed by atoms with Crippen molar-refractivity contribution in [2.45, 2.75) is 20.4 Å². The average Bonchev–Trinajstić information content (AvgIpc) is 3.43. The van der Waals surface area contributed by atoms with E-state index in [0.717, 1.165) is 17.0 Å². The lowest BCUT2D eigenvalue weighted by atomic mass is 10.1. The Kier molecular flexibility index (Phi) is 5.89. The summed E-state index contributed by atoms with van der Waals surface area (Å²) in [6.07, 6.45) is 1.41. The Morgan fingerprint density at radius 3 is 2.56 bits per heavy atom. The number of aromatic nitrogens is 5. The zero-order valence-electron chi connectivity index (χ0n) is 17.5. The van der Waals surface area contributed by atoms with Crippen LogP contribution in [0.5, 0.6) is 0 Å². The number of aryl methyl sites for hydroxylation is 1.